The molecule has 0 fully saturated rings. The number of anilines is 1. The number of carbonyl (C=O) groups excluding carboxylic acids is 1. The highest BCUT2D eigenvalue weighted by molar-refractivity contribution is 7.92. The van der Waals surface area contributed by atoms with Crippen molar-refractivity contribution in [2.75, 3.05) is 10.8 Å². The molecular formula is C21H25ClN2O3S. The molecule has 0 bridgehead atoms. The monoisotopic (exact) mass is 420 g/mol. The number of rotatable bonds is 6. The fourth-order valence-corrected chi connectivity index (χ4v) is 5.23. The first-order valence-corrected chi connectivity index (χ1v) is 11.2. The summed E-state index contributed by atoms with van der Waals surface area (Å²) >= 11 is 5.89. The molecule has 28 heavy (non-hydrogen) atoms. The Labute approximate surface area is 171 Å². The van der Waals surface area contributed by atoms with Crippen LogP contribution in [0.5, 0.6) is 0 Å². The highest BCUT2D eigenvalue weighted by Gasteiger charge is 2.36. The van der Waals surface area contributed by atoms with E-state index >= 15 is 0 Å². The Morgan fingerprint density at radius 2 is 1.89 bits per heavy atom. The lowest BCUT2D eigenvalue weighted by atomic mass is 10.1. The van der Waals surface area contributed by atoms with Gasteiger partial charge in [-0.05, 0) is 73.7 Å². The predicted molar refractivity (Wildman–Crippen MR) is 113 cm³/mol. The van der Waals surface area contributed by atoms with Crippen LogP contribution in [-0.4, -0.2) is 26.9 Å². The number of halogens is 1. The van der Waals surface area contributed by atoms with Gasteiger partial charge in [-0.1, -0.05) is 25.4 Å². The van der Waals surface area contributed by atoms with Gasteiger partial charge >= 0.3 is 0 Å². The van der Waals surface area contributed by atoms with Crippen molar-refractivity contribution in [2.24, 2.45) is 5.92 Å². The van der Waals surface area contributed by atoms with E-state index in [0.717, 1.165) is 12.0 Å². The zero-order valence-corrected chi connectivity index (χ0v) is 17.8. The lowest BCUT2D eigenvalue weighted by Crippen LogP contribution is -2.35. The van der Waals surface area contributed by atoms with Crippen molar-refractivity contribution in [2.45, 2.75) is 44.6 Å². The summed E-state index contributed by atoms with van der Waals surface area (Å²) in [6, 6.07) is 11.2. The highest BCUT2D eigenvalue weighted by Crippen LogP contribution is 2.37. The van der Waals surface area contributed by atoms with E-state index in [0.29, 0.717) is 35.2 Å². The van der Waals surface area contributed by atoms with E-state index in [2.05, 4.69) is 19.2 Å². The van der Waals surface area contributed by atoms with Crippen LogP contribution in [0.15, 0.2) is 47.4 Å². The summed E-state index contributed by atoms with van der Waals surface area (Å²) in [6.07, 6.45) is 1.48. The van der Waals surface area contributed by atoms with E-state index in [1.165, 1.54) is 16.4 Å². The van der Waals surface area contributed by atoms with Crippen molar-refractivity contribution in [3.8, 4) is 0 Å². The first kappa shape index (κ1) is 20.7. The number of nitrogens with one attached hydrogen (secondary N) is 1. The summed E-state index contributed by atoms with van der Waals surface area (Å²) in [5.74, 6) is 0.392. The fourth-order valence-electron chi connectivity index (χ4n) is 3.41. The molecule has 7 heteroatoms. The van der Waals surface area contributed by atoms with Crippen LogP contribution in [0.25, 0.3) is 0 Å². The van der Waals surface area contributed by atoms with Crippen LogP contribution in [0.1, 0.15) is 43.1 Å². The van der Waals surface area contributed by atoms with Gasteiger partial charge in [-0.15, -0.1) is 0 Å². The van der Waals surface area contributed by atoms with Gasteiger partial charge in [0.05, 0.1) is 10.6 Å². The van der Waals surface area contributed by atoms with Crippen molar-refractivity contribution in [3.63, 3.8) is 0 Å². The average molecular weight is 421 g/mol. The molecule has 5 nitrogen and oxygen atoms in total. The Morgan fingerprint density at radius 3 is 2.54 bits per heavy atom. The van der Waals surface area contributed by atoms with Gasteiger partial charge < -0.3 is 5.32 Å². The normalized spacial score (nSPS) is 16.3. The van der Waals surface area contributed by atoms with Gasteiger partial charge in [0.1, 0.15) is 0 Å². The minimum absolute atomic E-state index is 0.130. The Hall–Kier alpha value is -2.05. The molecule has 1 amide bonds. The third-order valence-electron chi connectivity index (χ3n) is 4.87. The molecule has 0 saturated heterocycles. The SMILES string of the molecule is CC(C)CCNC(=O)c1ccc2c(c1)C[C@H](C)N2S(=O)(=O)c1ccc(Cl)cc1. The highest BCUT2D eigenvalue weighted by atomic mass is 35.5. The number of carbonyl (C=O) groups is 1. The first-order chi connectivity index (χ1) is 13.2. The zero-order valence-electron chi connectivity index (χ0n) is 16.3. The fraction of sp³-hybridized carbons (Fsp3) is 0.381. The van der Waals surface area contributed by atoms with Crippen LogP contribution in [0.2, 0.25) is 5.02 Å². The molecule has 2 aromatic rings. The van der Waals surface area contributed by atoms with Crippen LogP contribution in [0, 0.1) is 5.92 Å². The average Bonchev–Trinajstić information content (AvgIpc) is 2.97. The van der Waals surface area contributed by atoms with Gasteiger partial charge in [0, 0.05) is 23.2 Å². The third kappa shape index (κ3) is 4.18. The molecule has 0 radical (unpaired) electrons. The van der Waals surface area contributed by atoms with E-state index in [1.54, 1.807) is 30.3 Å². The second-order valence-corrected chi connectivity index (χ2v) is 9.84. The van der Waals surface area contributed by atoms with Crippen molar-refractivity contribution >= 4 is 33.2 Å². The van der Waals surface area contributed by atoms with Crippen molar-refractivity contribution < 1.29 is 13.2 Å². The van der Waals surface area contributed by atoms with Crippen LogP contribution < -0.4 is 9.62 Å². The van der Waals surface area contributed by atoms with Crippen molar-refractivity contribution in [3.05, 3.63) is 58.6 Å². The molecule has 1 atom stereocenters. The lowest BCUT2D eigenvalue weighted by molar-refractivity contribution is 0.0952. The predicted octanol–water partition coefficient (Wildman–Crippen LogP) is 4.26. The van der Waals surface area contributed by atoms with Crippen molar-refractivity contribution in [1.29, 1.82) is 0 Å². The second kappa shape index (κ2) is 8.13. The molecule has 0 saturated carbocycles. The molecule has 0 spiro atoms. The molecule has 0 unspecified atom stereocenters. The molecule has 1 aliphatic heterocycles. The van der Waals surface area contributed by atoms with Crippen LogP contribution >= 0.6 is 11.6 Å². The van der Waals surface area contributed by atoms with E-state index < -0.39 is 10.0 Å². The molecule has 150 valence electrons. The molecule has 1 heterocycles. The van der Waals surface area contributed by atoms with Crippen LogP contribution in [0.3, 0.4) is 0 Å². The van der Waals surface area contributed by atoms with Gasteiger partial charge in [-0.25, -0.2) is 8.42 Å². The number of hydrogen-bond acceptors (Lipinski definition) is 3. The largest absolute Gasteiger partial charge is 0.352 e. The Morgan fingerprint density at radius 1 is 1.21 bits per heavy atom. The summed E-state index contributed by atoms with van der Waals surface area (Å²) in [5.41, 5.74) is 2.04. The van der Waals surface area contributed by atoms with Crippen LogP contribution in [-0.2, 0) is 16.4 Å². The van der Waals surface area contributed by atoms with E-state index in [4.69, 9.17) is 11.6 Å². The summed E-state index contributed by atoms with van der Waals surface area (Å²) in [6.45, 7) is 6.72. The number of amides is 1. The Bertz CT molecular complexity index is 972. The minimum Gasteiger partial charge on any atom is -0.352 e. The van der Waals surface area contributed by atoms with Crippen LogP contribution in [0.4, 0.5) is 5.69 Å². The molecule has 1 N–H and O–H groups in total. The minimum atomic E-state index is -3.70. The van der Waals surface area contributed by atoms with E-state index in [-0.39, 0.29) is 16.8 Å². The maximum Gasteiger partial charge on any atom is 0.264 e. The smallest absolute Gasteiger partial charge is 0.264 e. The Kier molecular flexibility index (Phi) is 6.01. The number of fused-ring (bicyclic) bond motifs is 1. The zero-order chi connectivity index (χ0) is 20.5. The van der Waals surface area contributed by atoms with Gasteiger partial charge in [0.15, 0.2) is 0 Å². The first-order valence-electron chi connectivity index (χ1n) is 9.41. The van der Waals surface area contributed by atoms with Gasteiger partial charge in [0.2, 0.25) is 0 Å². The molecule has 3 rings (SSSR count). The molecule has 0 aliphatic carbocycles. The maximum absolute atomic E-state index is 13.1. The quantitative estimate of drug-likeness (QED) is 0.759. The number of benzene rings is 2. The van der Waals surface area contributed by atoms with E-state index in [9.17, 15) is 13.2 Å². The Balaban J connectivity index is 1.85. The number of hydrogen-bond donors (Lipinski definition) is 1. The van der Waals surface area contributed by atoms with Gasteiger partial charge in [-0.3, -0.25) is 9.10 Å². The van der Waals surface area contributed by atoms with Gasteiger partial charge in [0.25, 0.3) is 15.9 Å². The maximum atomic E-state index is 13.1. The number of nitrogens with zero attached hydrogens (tertiary/aromatic N) is 1. The number of sulfonamides is 1. The topological polar surface area (TPSA) is 66.5 Å². The standard InChI is InChI=1S/C21H25ClN2O3S/c1-14(2)10-11-23-21(25)16-4-9-20-17(13-16)12-15(3)24(20)28(26,27)19-7-5-18(22)6-8-19/h4-9,13-15H,10-12H2,1-3H3,(H,23,25)/t15-/m0/s1. The molecule has 0 aromatic heterocycles. The summed E-state index contributed by atoms with van der Waals surface area (Å²) in [4.78, 5) is 12.6. The summed E-state index contributed by atoms with van der Waals surface area (Å²) in [5, 5.41) is 3.41. The van der Waals surface area contributed by atoms with E-state index in [1.807, 2.05) is 6.92 Å². The molecule has 1 aliphatic rings. The lowest BCUT2D eigenvalue weighted by Gasteiger charge is -2.24. The molecular weight excluding hydrogens is 396 g/mol. The third-order valence-corrected chi connectivity index (χ3v) is 7.07. The molecule has 2 aromatic carbocycles. The van der Waals surface area contributed by atoms with Gasteiger partial charge in [-0.2, -0.15) is 0 Å². The summed E-state index contributed by atoms with van der Waals surface area (Å²) in [7, 11) is -3.70. The second-order valence-electron chi connectivity index (χ2n) is 7.59. The van der Waals surface area contributed by atoms with Crippen molar-refractivity contribution in [1.82, 2.24) is 5.32 Å². The summed E-state index contributed by atoms with van der Waals surface area (Å²) < 4.78 is 27.7.